The average molecular weight is 300 g/mol. The van der Waals surface area contributed by atoms with Gasteiger partial charge in [-0.25, -0.2) is 0 Å². The van der Waals surface area contributed by atoms with Crippen molar-refractivity contribution in [3.63, 3.8) is 0 Å². The molecule has 0 saturated heterocycles. The van der Waals surface area contributed by atoms with E-state index in [1.807, 2.05) is 24.3 Å². The van der Waals surface area contributed by atoms with Crippen molar-refractivity contribution < 1.29 is 9.59 Å². The lowest BCUT2D eigenvalue weighted by Gasteiger charge is -2.28. The summed E-state index contributed by atoms with van der Waals surface area (Å²) in [4.78, 5) is 27.0. The van der Waals surface area contributed by atoms with Gasteiger partial charge >= 0.3 is 0 Å². The van der Waals surface area contributed by atoms with Crippen LogP contribution < -0.4 is 5.32 Å². The molecule has 4 nitrogen and oxygen atoms in total. The minimum Gasteiger partial charge on any atom is -0.352 e. The largest absolute Gasteiger partial charge is 0.352 e. The molecule has 4 heteroatoms. The number of hydrogen-bond acceptors (Lipinski definition) is 2. The third-order valence-electron chi connectivity index (χ3n) is 4.79. The molecular weight excluding hydrogens is 276 g/mol. The van der Waals surface area contributed by atoms with Crippen LogP contribution in [0.1, 0.15) is 61.4 Å². The van der Waals surface area contributed by atoms with Crippen LogP contribution in [0, 0.1) is 0 Å². The molecule has 2 aliphatic rings. The van der Waals surface area contributed by atoms with Crippen LogP contribution >= 0.6 is 0 Å². The summed E-state index contributed by atoms with van der Waals surface area (Å²) in [5.74, 6) is 0.0190. The Bertz CT molecular complexity index is 564. The van der Waals surface area contributed by atoms with Crippen molar-refractivity contribution in [1.82, 2.24) is 10.2 Å². The molecule has 1 fully saturated rings. The number of benzene rings is 1. The van der Waals surface area contributed by atoms with Crippen molar-refractivity contribution in [2.24, 2.45) is 0 Å². The summed E-state index contributed by atoms with van der Waals surface area (Å²) in [7, 11) is 0. The lowest BCUT2D eigenvalue weighted by Crippen LogP contribution is -2.49. The van der Waals surface area contributed by atoms with Crippen LogP contribution in [0.2, 0.25) is 0 Å². The van der Waals surface area contributed by atoms with Crippen LogP contribution in [0.4, 0.5) is 0 Å². The third kappa shape index (κ3) is 2.87. The van der Waals surface area contributed by atoms with Crippen LogP contribution in [0.15, 0.2) is 24.3 Å². The van der Waals surface area contributed by atoms with E-state index < -0.39 is 0 Å². The molecule has 1 aromatic carbocycles. The Labute approximate surface area is 131 Å². The Morgan fingerprint density at radius 3 is 2.73 bits per heavy atom. The highest BCUT2D eigenvalue weighted by Crippen LogP contribution is 2.26. The first kappa shape index (κ1) is 15.1. The molecule has 1 saturated carbocycles. The second-order valence-electron chi connectivity index (χ2n) is 6.38. The molecule has 3 rings (SSSR count). The summed E-state index contributed by atoms with van der Waals surface area (Å²) in [6.07, 6.45) is 6.13. The van der Waals surface area contributed by atoms with E-state index in [9.17, 15) is 9.59 Å². The van der Waals surface area contributed by atoms with Gasteiger partial charge in [-0.15, -0.1) is 0 Å². The zero-order valence-corrected chi connectivity index (χ0v) is 13.2. The minimum absolute atomic E-state index is 0.00405. The highest BCUT2D eigenvalue weighted by atomic mass is 16.2. The zero-order chi connectivity index (χ0) is 15.5. The van der Waals surface area contributed by atoms with Crippen LogP contribution in [0.25, 0.3) is 0 Å². The Kier molecular flexibility index (Phi) is 4.46. The third-order valence-corrected chi connectivity index (χ3v) is 4.79. The number of fused-ring (bicyclic) bond motifs is 1. The van der Waals surface area contributed by atoms with Gasteiger partial charge in [0, 0.05) is 18.2 Å². The predicted molar refractivity (Wildman–Crippen MR) is 85.4 cm³/mol. The van der Waals surface area contributed by atoms with Crippen molar-refractivity contribution in [3.05, 3.63) is 35.4 Å². The van der Waals surface area contributed by atoms with E-state index >= 15 is 0 Å². The maximum absolute atomic E-state index is 12.7. The molecule has 0 radical (unpaired) electrons. The van der Waals surface area contributed by atoms with Crippen molar-refractivity contribution in [1.29, 1.82) is 0 Å². The van der Waals surface area contributed by atoms with E-state index in [2.05, 4.69) is 12.2 Å². The summed E-state index contributed by atoms with van der Waals surface area (Å²) < 4.78 is 0. The van der Waals surface area contributed by atoms with Gasteiger partial charge in [-0.3, -0.25) is 9.59 Å². The van der Waals surface area contributed by atoms with E-state index in [1.165, 1.54) is 12.8 Å². The van der Waals surface area contributed by atoms with Gasteiger partial charge in [0.2, 0.25) is 5.91 Å². The number of rotatable bonds is 5. The lowest BCUT2D eigenvalue weighted by molar-refractivity contribution is -0.126. The second-order valence-corrected chi connectivity index (χ2v) is 6.38. The van der Waals surface area contributed by atoms with E-state index in [0.29, 0.717) is 12.6 Å². The number of amides is 2. The zero-order valence-electron chi connectivity index (χ0n) is 13.2. The Morgan fingerprint density at radius 2 is 2.05 bits per heavy atom. The molecule has 0 aromatic heterocycles. The van der Waals surface area contributed by atoms with Crippen LogP contribution in [0.3, 0.4) is 0 Å². The number of carbonyl (C=O) groups is 2. The van der Waals surface area contributed by atoms with Gasteiger partial charge in [0.15, 0.2) is 0 Å². The van der Waals surface area contributed by atoms with Gasteiger partial charge in [-0.05, 0) is 30.9 Å². The lowest BCUT2D eigenvalue weighted by atomic mass is 10.1. The van der Waals surface area contributed by atoms with E-state index in [0.717, 1.165) is 36.8 Å². The van der Waals surface area contributed by atoms with Crippen molar-refractivity contribution >= 4 is 11.8 Å². The molecule has 1 N–H and O–H groups in total. The summed E-state index contributed by atoms with van der Waals surface area (Å²) in [6.45, 7) is 2.61. The first-order valence-electron chi connectivity index (χ1n) is 8.40. The quantitative estimate of drug-likeness (QED) is 0.909. The molecule has 1 atom stereocenters. The molecule has 1 heterocycles. The monoisotopic (exact) mass is 300 g/mol. The summed E-state index contributed by atoms with van der Waals surface area (Å²) in [6, 6.07) is 7.62. The molecular formula is C18H24N2O2. The van der Waals surface area contributed by atoms with E-state index in [4.69, 9.17) is 0 Å². The van der Waals surface area contributed by atoms with Crippen molar-refractivity contribution in [2.75, 3.05) is 0 Å². The normalized spacial score (nSPS) is 19.3. The number of nitrogens with zero attached hydrogens (tertiary/aromatic N) is 1. The molecule has 0 bridgehead atoms. The molecule has 22 heavy (non-hydrogen) atoms. The first-order valence-corrected chi connectivity index (χ1v) is 8.40. The Morgan fingerprint density at radius 1 is 1.32 bits per heavy atom. The van der Waals surface area contributed by atoms with E-state index in [1.54, 1.807) is 4.90 Å². The molecule has 0 spiro atoms. The van der Waals surface area contributed by atoms with Gasteiger partial charge in [0.05, 0.1) is 0 Å². The Balaban J connectivity index is 1.74. The SMILES string of the molecule is CCC[C@@H](C(=O)NC1CCCC1)N1Cc2ccccc2C1=O. The highest BCUT2D eigenvalue weighted by Gasteiger charge is 2.36. The second kappa shape index (κ2) is 6.51. The average Bonchev–Trinajstić information content (AvgIpc) is 3.14. The van der Waals surface area contributed by atoms with Gasteiger partial charge in [0.1, 0.15) is 6.04 Å². The van der Waals surface area contributed by atoms with E-state index in [-0.39, 0.29) is 17.9 Å². The Hall–Kier alpha value is -1.84. The van der Waals surface area contributed by atoms with Gasteiger partial charge < -0.3 is 10.2 Å². The summed E-state index contributed by atoms with van der Waals surface area (Å²) in [5, 5.41) is 3.16. The first-order chi connectivity index (χ1) is 10.7. The minimum atomic E-state index is -0.342. The van der Waals surface area contributed by atoms with Crippen LogP contribution in [0.5, 0.6) is 0 Å². The van der Waals surface area contributed by atoms with Crippen molar-refractivity contribution in [2.45, 2.75) is 64.1 Å². The fourth-order valence-electron chi connectivity index (χ4n) is 3.60. The molecule has 1 aliphatic carbocycles. The van der Waals surface area contributed by atoms with Gasteiger partial charge in [0.25, 0.3) is 5.91 Å². The molecule has 2 amide bonds. The molecule has 118 valence electrons. The fourth-order valence-corrected chi connectivity index (χ4v) is 3.60. The standard InChI is InChI=1S/C18H24N2O2/c1-2-7-16(17(21)19-14-9-4-5-10-14)20-12-13-8-3-6-11-15(13)18(20)22/h3,6,8,11,14,16H,2,4-5,7,9-10,12H2,1H3,(H,19,21)/t16-/m0/s1. The predicted octanol–water partition coefficient (Wildman–Crippen LogP) is 2.87. The van der Waals surface area contributed by atoms with Crippen LogP contribution in [-0.2, 0) is 11.3 Å². The van der Waals surface area contributed by atoms with Crippen molar-refractivity contribution in [3.8, 4) is 0 Å². The fraction of sp³-hybridized carbons (Fsp3) is 0.556. The maximum atomic E-state index is 12.7. The molecule has 1 aliphatic heterocycles. The summed E-state index contributed by atoms with van der Waals surface area (Å²) >= 11 is 0. The molecule has 0 unspecified atom stereocenters. The molecule has 1 aromatic rings. The number of carbonyl (C=O) groups excluding carboxylic acids is 2. The maximum Gasteiger partial charge on any atom is 0.255 e. The number of hydrogen-bond donors (Lipinski definition) is 1. The smallest absolute Gasteiger partial charge is 0.255 e. The van der Waals surface area contributed by atoms with Gasteiger partial charge in [-0.1, -0.05) is 44.4 Å². The van der Waals surface area contributed by atoms with Gasteiger partial charge in [-0.2, -0.15) is 0 Å². The highest BCUT2D eigenvalue weighted by molar-refractivity contribution is 6.01. The summed E-state index contributed by atoms with van der Waals surface area (Å²) in [5.41, 5.74) is 1.78. The van der Waals surface area contributed by atoms with Crippen LogP contribution in [-0.4, -0.2) is 28.8 Å². The topological polar surface area (TPSA) is 49.4 Å². The number of nitrogens with one attached hydrogen (secondary N) is 1.